The predicted octanol–water partition coefficient (Wildman–Crippen LogP) is 6.49. The molecular weight excluding hydrogens is 544 g/mol. The molecule has 11 heteroatoms. The first-order chi connectivity index (χ1) is 19.6. The van der Waals surface area contributed by atoms with Crippen LogP contribution in [0.15, 0.2) is 42.7 Å². The van der Waals surface area contributed by atoms with E-state index in [1.54, 1.807) is 31.5 Å². The van der Waals surface area contributed by atoms with Crippen LogP contribution in [-0.2, 0) is 6.42 Å². The first-order valence-corrected chi connectivity index (χ1v) is 14.1. The fourth-order valence-electron chi connectivity index (χ4n) is 6.80. The summed E-state index contributed by atoms with van der Waals surface area (Å²) < 4.78 is 85.7. The maximum absolute atomic E-state index is 15.9. The Morgan fingerprint density at radius 3 is 2.49 bits per heavy atom. The molecule has 1 aromatic heterocycles. The number of rotatable bonds is 8. The van der Waals surface area contributed by atoms with E-state index >= 15 is 8.78 Å². The van der Waals surface area contributed by atoms with Gasteiger partial charge in [0.15, 0.2) is 0 Å². The van der Waals surface area contributed by atoms with Crippen LogP contribution in [0.3, 0.4) is 0 Å². The first kappa shape index (κ1) is 28.1. The number of benzene rings is 2. The summed E-state index contributed by atoms with van der Waals surface area (Å²) in [5.74, 6) is -1.78. The molecule has 1 aliphatic carbocycles. The maximum atomic E-state index is 15.9. The van der Waals surface area contributed by atoms with Gasteiger partial charge in [0.05, 0.1) is 25.5 Å². The fourth-order valence-corrected chi connectivity index (χ4v) is 6.80. The number of hydrogen-bond acceptors (Lipinski definition) is 4. The lowest BCUT2D eigenvalue weighted by atomic mass is 9.83. The molecule has 1 spiro atoms. The van der Waals surface area contributed by atoms with Gasteiger partial charge in [0, 0.05) is 60.1 Å². The molecule has 2 fully saturated rings. The van der Waals surface area contributed by atoms with E-state index in [9.17, 15) is 17.6 Å². The minimum atomic E-state index is -4.55. The number of alkyl halides is 4. The van der Waals surface area contributed by atoms with Gasteiger partial charge >= 0.3 is 6.18 Å². The zero-order chi connectivity index (χ0) is 28.9. The highest BCUT2D eigenvalue weighted by molar-refractivity contribution is 5.64. The molecule has 220 valence electrons. The van der Waals surface area contributed by atoms with Crippen LogP contribution in [0.2, 0.25) is 0 Å². The van der Waals surface area contributed by atoms with Gasteiger partial charge in [-0.05, 0) is 61.4 Å². The van der Waals surface area contributed by atoms with E-state index in [0.717, 1.165) is 41.0 Å². The minimum Gasteiger partial charge on any atom is -0.380 e. The second-order valence-electron chi connectivity index (χ2n) is 11.8. The number of halogens is 6. The molecule has 3 atom stereocenters. The average molecular weight is 578 g/mol. The lowest BCUT2D eigenvalue weighted by Gasteiger charge is -2.42. The Kier molecular flexibility index (Phi) is 7.30. The van der Waals surface area contributed by atoms with E-state index < -0.39 is 43.1 Å². The van der Waals surface area contributed by atoms with Crippen LogP contribution < -0.4 is 5.32 Å². The third-order valence-electron chi connectivity index (χ3n) is 8.96. The Morgan fingerprint density at radius 2 is 1.85 bits per heavy atom. The SMILES string of the molecule is C[C@@H]1Cc2cc(-c3cn[nH]c3)ccc2[C@@H](c2c(F)cc(N[C@@H]3CN(CCCF)CC34CC4)cc2F)N1CC(F)(F)F. The van der Waals surface area contributed by atoms with Crippen molar-refractivity contribution in [1.29, 1.82) is 0 Å². The molecule has 1 saturated carbocycles. The number of nitrogens with zero attached hydrogens (tertiary/aromatic N) is 3. The highest BCUT2D eigenvalue weighted by Gasteiger charge is 2.55. The number of hydrogen-bond donors (Lipinski definition) is 2. The number of H-pyrrole nitrogens is 1. The molecule has 1 saturated heterocycles. The van der Waals surface area contributed by atoms with Crippen molar-refractivity contribution in [3.63, 3.8) is 0 Å². The fraction of sp³-hybridized carbons (Fsp3) is 0.500. The van der Waals surface area contributed by atoms with Gasteiger partial charge in [-0.3, -0.25) is 14.4 Å². The van der Waals surface area contributed by atoms with Crippen molar-refractivity contribution in [2.75, 3.05) is 38.2 Å². The minimum absolute atomic E-state index is 0.00980. The quantitative estimate of drug-likeness (QED) is 0.301. The Morgan fingerprint density at radius 1 is 1.10 bits per heavy atom. The van der Waals surface area contributed by atoms with Crippen LogP contribution in [0, 0.1) is 17.0 Å². The van der Waals surface area contributed by atoms with Crippen molar-refractivity contribution in [2.45, 2.75) is 56.9 Å². The second kappa shape index (κ2) is 10.7. The highest BCUT2D eigenvalue weighted by atomic mass is 19.4. The van der Waals surface area contributed by atoms with E-state index in [0.29, 0.717) is 31.5 Å². The lowest BCUT2D eigenvalue weighted by molar-refractivity contribution is -0.155. The number of aromatic amines is 1. The van der Waals surface area contributed by atoms with Crippen LogP contribution >= 0.6 is 0 Å². The molecule has 41 heavy (non-hydrogen) atoms. The number of aromatic nitrogens is 2. The van der Waals surface area contributed by atoms with E-state index in [-0.39, 0.29) is 22.7 Å². The molecular formula is C30H33F6N5. The highest BCUT2D eigenvalue weighted by Crippen LogP contribution is 2.54. The molecule has 0 bridgehead atoms. The largest absolute Gasteiger partial charge is 0.401 e. The molecule has 3 heterocycles. The molecule has 0 amide bonds. The van der Waals surface area contributed by atoms with Crippen LogP contribution in [0.1, 0.15) is 48.9 Å². The van der Waals surface area contributed by atoms with Gasteiger partial charge in [-0.15, -0.1) is 0 Å². The summed E-state index contributed by atoms with van der Waals surface area (Å²) in [7, 11) is 0. The van der Waals surface area contributed by atoms with E-state index in [1.165, 1.54) is 12.1 Å². The topological polar surface area (TPSA) is 47.2 Å². The van der Waals surface area contributed by atoms with Crippen LogP contribution in [0.5, 0.6) is 0 Å². The number of nitrogens with one attached hydrogen (secondary N) is 2. The molecule has 2 aliphatic heterocycles. The second-order valence-corrected chi connectivity index (χ2v) is 11.8. The smallest absolute Gasteiger partial charge is 0.380 e. The third-order valence-corrected chi connectivity index (χ3v) is 8.96. The summed E-state index contributed by atoms with van der Waals surface area (Å²) in [5.41, 5.74) is 2.71. The van der Waals surface area contributed by atoms with Crippen LogP contribution in [0.4, 0.5) is 32.0 Å². The molecule has 2 N–H and O–H groups in total. The zero-order valence-electron chi connectivity index (χ0n) is 22.7. The summed E-state index contributed by atoms with van der Waals surface area (Å²) in [6, 6.07) is 5.77. The number of likely N-dealkylation sites (tertiary alicyclic amines) is 1. The van der Waals surface area contributed by atoms with Gasteiger partial charge in [-0.25, -0.2) is 8.78 Å². The monoisotopic (exact) mass is 577 g/mol. The summed E-state index contributed by atoms with van der Waals surface area (Å²) in [5, 5.41) is 10.00. The van der Waals surface area contributed by atoms with Gasteiger partial charge in [-0.2, -0.15) is 18.3 Å². The Bertz CT molecular complexity index is 1360. The average Bonchev–Trinajstić information content (AvgIpc) is 3.32. The molecule has 0 unspecified atom stereocenters. The van der Waals surface area contributed by atoms with E-state index in [2.05, 4.69) is 20.4 Å². The van der Waals surface area contributed by atoms with Crippen molar-refractivity contribution >= 4 is 5.69 Å². The molecule has 3 aromatic rings. The van der Waals surface area contributed by atoms with Gasteiger partial charge in [0.2, 0.25) is 0 Å². The molecule has 5 nitrogen and oxygen atoms in total. The summed E-state index contributed by atoms with van der Waals surface area (Å²) >= 11 is 0. The lowest BCUT2D eigenvalue weighted by Crippen LogP contribution is -2.47. The Balaban J connectivity index is 1.34. The summed E-state index contributed by atoms with van der Waals surface area (Å²) in [4.78, 5) is 3.33. The normalized spacial score (nSPS) is 24.1. The predicted molar refractivity (Wildman–Crippen MR) is 144 cm³/mol. The Hall–Kier alpha value is -3.05. The molecule has 6 rings (SSSR count). The van der Waals surface area contributed by atoms with Gasteiger partial charge in [0.25, 0.3) is 0 Å². The number of anilines is 1. The zero-order valence-corrected chi connectivity index (χ0v) is 22.7. The van der Waals surface area contributed by atoms with Crippen molar-refractivity contribution < 1.29 is 26.3 Å². The van der Waals surface area contributed by atoms with Crippen molar-refractivity contribution in [3.05, 3.63) is 71.1 Å². The van der Waals surface area contributed by atoms with E-state index in [1.807, 2.05) is 6.07 Å². The molecule has 0 radical (unpaired) electrons. The summed E-state index contributed by atoms with van der Waals surface area (Å²) in [6.07, 6.45) is 1.53. The first-order valence-electron chi connectivity index (χ1n) is 14.1. The maximum Gasteiger partial charge on any atom is 0.401 e. The van der Waals surface area contributed by atoms with Gasteiger partial charge in [0.1, 0.15) is 11.6 Å². The van der Waals surface area contributed by atoms with E-state index in [4.69, 9.17) is 0 Å². The summed E-state index contributed by atoms with van der Waals surface area (Å²) in [6.45, 7) is 2.07. The number of fused-ring (bicyclic) bond motifs is 1. The molecule has 3 aliphatic rings. The standard InChI is InChI=1S/C30H33F6N5/c1-18-9-20-10-19(21-13-37-38-14-21)3-4-23(20)28(41(18)17-30(34,35)36)27-24(32)11-22(12-25(27)33)39-26-15-40(8-2-7-31)16-29(26)5-6-29/h3-4,10-14,18,26,28,39H,2,5-9,15-17H2,1H3,(H,37,38)/t18-,26-,28+/m1/s1. The third kappa shape index (κ3) is 5.58. The van der Waals surface area contributed by atoms with Crippen LogP contribution in [0.25, 0.3) is 11.1 Å². The van der Waals surface area contributed by atoms with Gasteiger partial charge < -0.3 is 10.2 Å². The molecule has 2 aromatic carbocycles. The van der Waals surface area contributed by atoms with Crippen molar-refractivity contribution in [1.82, 2.24) is 20.0 Å². The van der Waals surface area contributed by atoms with Crippen LogP contribution in [-0.4, -0.2) is 71.1 Å². The van der Waals surface area contributed by atoms with Crippen molar-refractivity contribution in [2.24, 2.45) is 5.41 Å². The van der Waals surface area contributed by atoms with Crippen molar-refractivity contribution in [3.8, 4) is 11.1 Å². The Labute approximate surface area is 234 Å². The van der Waals surface area contributed by atoms with Gasteiger partial charge in [-0.1, -0.05) is 18.2 Å².